The van der Waals surface area contributed by atoms with Gasteiger partial charge in [0.2, 0.25) is 5.95 Å². The number of aryl methyl sites for hydroxylation is 1. The average Bonchev–Trinajstić information content (AvgIpc) is 2.43. The summed E-state index contributed by atoms with van der Waals surface area (Å²) < 4.78 is 0. The molecule has 2 rings (SSSR count). The Morgan fingerprint density at radius 2 is 2.10 bits per heavy atom. The summed E-state index contributed by atoms with van der Waals surface area (Å²) in [7, 11) is 0. The first kappa shape index (κ1) is 14.5. The normalized spacial score (nSPS) is 12.6. The van der Waals surface area contributed by atoms with Gasteiger partial charge >= 0.3 is 0 Å². The summed E-state index contributed by atoms with van der Waals surface area (Å²) in [6.07, 6.45) is 3.01. The molecule has 0 aliphatic rings. The van der Waals surface area contributed by atoms with Gasteiger partial charge in [-0.3, -0.25) is 0 Å². The van der Waals surface area contributed by atoms with E-state index in [1.165, 1.54) is 0 Å². The number of nitrogens with zero attached hydrogens (tertiary/aromatic N) is 3. The van der Waals surface area contributed by atoms with Crippen LogP contribution < -0.4 is 11.1 Å². The Bertz CT molecular complexity index is 587. The van der Waals surface area contributed by atoms with Crippen molar-refractivity contribution in [2.75, 3.05) is 17.7 Å². The van der Waals surface area contributed by atoms with E-state index in [0.717, 1.165) is 25.0 Å². The smallest absolute Gasteiger partial charge is 0.222 e. The minimum atomic E-state index is -0.0465. The van der Waals surface area contributed by atoms with Crippen LogP contribution in [0.1, 0.15) is 31.9 Å². The first-order chi connectivity index (χ1) is 9.63. The Kier molecular flexibility index (Phi) is 4.68. The molecule has 1 unspecified atom stereocenters. The summed E-state index contributed by atoms with van der Waals surface area (Å²) in [6, 6.07) is 3.72. The predicted octanol–water partition coefficient (Wildman–Crippen LogP) is 1.88. The van der Waals surface area contributed by atoms with Crippen LogP contribution in [0.5, 0.6) is 0 Å². The van der Waals surface area contributed by atoms with Crippen LogP contribution in [-0.4, -0.2) is 32.7 Å². The fourth-order valence-corrected chi connectivity index (χ4v) is 2.08. The molecule has 0 fully saturated rings. The molecule has 0 spiro atoms. The van der Waals surface area contributed by atoms with Gasteiger partial charge in [0.05, 0.1) is 18.2 Å². The maximum Gasteiger partial charge on any atom is 0.222 e. The van der Waals surface area contributed by atoms with Gasteiger partial charge < -0.3 is 16.2 Å². The number of hydrogen-bond acceptors (Lipinski definition) is 6. The Labute approximate surface area is 118 Å². The molecule has 20 heavy (non-hydrogen) atoms. The van der Waals surface area contributed by atoms with Gasteiger partial charge in [-0.1, -0.05) is 19.8 Å². The molecule has 6 nitrogen and oxygen atoms in total. The first-order valence-electron chi connectivity index (χ1n) is 6.92. The zero-order valence-corrected chi connectivity index (χ0v) is 11.9. The standard InChI is InChI=1S/C14H21N5O/c1-3-4-5-10(8-20)17-13-12-11(18-14(15)19-13)7-6-9(2)16-12/h6-7,10,20H,3-5,8H2,1-2H3,(H3,15,17,18,19). The highest BCUT2D eigenvalue weighted by atomic mass is 16.3. The van der Waals surface area contributed by atoms with E-state index in [-0.39, 0.29) is 18.6 Å². The van der Waals surface area contributed by atoms with E-state index in [1.54, 1.807) is 0 Å². The fourth-order valence-electron chi connectivity index (χ4n) is 2.08. The second-order valence-corrected chi connectivity index (χ2v) is 4.92. The van der Waals surface area contributed by atoms with Gasteiger partial charge in [0, 0.05) is 5.69 Å². The number of nitrogens with two attached hydrogens (primary N) is 1. The Balaban J connectivity index is 2.34. The zero-order valence-electron chi connectivity index (χ0n) is 11.9. The molecule has 0 amide bonds. The molecular weight excluding hydrogens is 254 g/mol. The van der Waals surface area contributed by atoms with Crippen LogP contribution in [0, 0.1) is 6.92 Å². The lowest BCUT2D eigenvalue weighted by molar-refractivity contribution is 0.267. The van der Waals surface area contributed by atoms with Gasteiger partial charge in [-0.2, -0.15) is 4.98 Å². The first-order valence-corrected chi connectivity index (χ1v) is 6.92. The van der Waals surface area contributed by atoms with Crippen molar-refractivity contribution in [3.63, 3.8) is 0 Å². The Hall–Kier alpha value is -1.95. The molecule has 4 N–H and O–H groups in total. The van der Waals surface area contributed by atoms with Crippen LogP contribution >= 0.6 is 0 Å². The second kappa shape index (κ2) is 6.47. The van der Waals surface area contributed by atoms with Gasteiger partial charge in [0.1, 0.15) is 5.52 Å². The third-order valence-corrected chi connectivity index (χ3v) is 3.17. The van der Waals surface area contributed by atoms with Crippen molar-refractivity contribution in [2.24, 2.45) is 0 Å². The monoisotopic (exact) mass is 275 g/mol. The van der Waals surface area contributed by atoms with Crippen LogP contribution in [0.2, 0.25) is 0 Å². The maximum absolute atomic E-state index is 9.45. The zero-order chi connectivity index (χ0) is 14.5. The third-order valence-electron chi connectivity index (χ3n) is 3.17. The van der Waals surface area contributed by atoms with Gasteiger partial charge in [-0.25, -0.2) is 9.97 Å². The number of aliphatic hydroxyl groups is 1. The highest BCUT2D eigenvalue weighted by Crippen LogP contribution is 2.21. The molecule has 1 atom stereocenters. The predicted molar refractivity (Wildman–Crippen MR) is 80.5 cm³/mol. The molecule has 0 bridgehead atoms. The molecule has 2 aromatic rings. The number of fused-ring (bicyclic) bond motifs is 1. The second-order valence-electron chi connectivity index (χ2n) is 4.92. The lowest BCUT2D eigenvalue weighted by Crippen LogP contribution is -2.24. The highest BCUT2D eigenvalue weighted by molar-refractivity contribution is 5.86. The molecule has 0 aliphatic heterocycles. The maximum atomic E-state index is 9.45. The molecule has 2 heterocycles. The van der Waals surface area contributed by atoms with Crippen LogP contribution in [0.25, 0.3) is 11.0 Å². The molecule has 2 aromatic heterocycles. The van der Waals surface area contributed by atoms with Gasteiger partial charge in [-0.15, -0.1) is 0 Å². The molecule has 0 aliphatic carbocycles. The van der Waals surface area contributed by atoms with Crippen LogP contribution in [0.15, 0.2) is 12.1 Å². The summed E-state index contributed by atoms with van der Waals surface area (Å²) in [5.74, 6) is 0.796. The van der Waals surface area contributed by atoms with E-state index in [0.29, 0.717) is 16.9 Å². The Morgan fingerprint density at radius 1 is 1.30 bits per heavy atom. The molecule has 0 aromatic carbocycles. The van der Waals surface area contributed by atoms with Crippen molar-refractivity contribution in [2.45, 2.75) is 39.2 Å². The fraction of sp³-hybridized carbons (Fsp3) is 0.500. The topological polar surface area (TPSA) is 97.0 Å². The van der Waals surface area contributed by atoms with E-state index in [2.05, 4.69) is 27.2 Å². The van der Waals surface area contributed by atoms with Crippen LogP contribution in [-0.2, 0) is 0 Å². The van der Waals surface area contributed by atoms with Crippen molar-refractivity contribution in [3.05, 3.63) is 17.8 Å². The lowest BCUT2D eigenvalue weighted by Gasteiger charge is -2.17. The minimum Gasteiger partial charge on any atom is -0.394 e. The van der Waals surface area contributed by atoms with E-state index in [4.69, 9.17) is 5.73 Å². The molecule has 0 radical (unpaired) electrons. The number of anilines is 2. The van der Waals surface area contributed by atoms with Crippen molar-refractivity contribution in [3.8, 4) is 0 Å². The van der Waals surface area contributed by atoms with Crippen molar-refractivity contribution in [1.29, 1.82) is 0 Å². The highest BCUT2D eigenvalue weighted by Gasteiger charge is 2.13. The largest absolute Gasteiger partial charge is 0.394 e. The number of unbranched alkanes of at least 4 members (excludes halogenated alkanes) is 1. The van der Waals surface area contributed by atoms with Crippen LogP contribution in [0.3, 0.4) is 0 Å². The molecular formula is C14H21N5O. The number of aromatic nitrogens is 3. The number of nitrogen functional groups attached to an aromatic ring is 1. The molecule has 6 heteroatoms. The van der Waals surface area contributed by atoms with Gasteiger partial charge in [0.15, 0.2) is 5.82 Å². The number of rotatable bonds is 6. The van der Waals surface area contributed by atoms with E-state index in [9.17, 15) is 5.11 Å². The third kappa shape index (κ3) is 3.33. The van der Waals surface area contributed by atoms with Crippen LogP contribution in [0.4, 0.5) is 11.8 Å². The van der Waals surface area contributed by atoms with Gasteiger partial charge in [-0.05, 0) is 25.5 Å². The quantitative estimate of drug-likeness (QED) is 0.744. The number of aliphatic hydroxyl groups excluding tert-OH is 1. The number of nitrogens with one attached hydrogen (secondary N) is 1. The summed E-state index contributed by atoms with van der Waals surface area (Å²) in [6.45, 7) is 4.09. The van der Waals surface area contributed by atoms with E-state index in [1.807, 2.05) is 19.1 Å². The summed E-state index contributed by atoms with van der Waals surface area (Å²) in [5, 5.41) is 12.7. The van der Waals surface area contributed by atoms with E-state index < -0.39 is 0 Å². The summed E-state index contributed by atoms with van der Waals surface area (Å²) in [4.78, 5) is 12.9. The van der Waals surface area contributed by atoms with E-state index >= 15 is 0 Å². The molecule has 0 saturated heterocycles. The van der Waals surface area contributed by atoms with Crippen molar-refractivity contribution in [1.82, 2.24) is 15.0 Å². The number of hydrogen-bond donors (Lipinski definition) is 3. The molecule has 108 valence electrons. The van der Waals surface area contributed by atoms with Crippen molar-refractivity contribution >= 4 is 22.8 Å². The average molecular weight is 275 g/mol. The summed E-state index contributed by atoms with van der Waals surface area (Å²) >= 11 is 0. The lowest BCUT2D eigenvalue weighted by atomic mass is 10.1. The minimum absolute atomic E-state index is 0.0465. The summed E-state index contributed by atoms with van der Waals surface area (Å²) in [5.41, 5.74) is 8.01. The SMILES string of the molecule is CCCCC(CO)Nc1nc(N)nc2ccc(C)nc12. The molecule has 0 saturated carbocycles. The number of pyridine rings is 1. The Morgan fingerprint density at radius 3 is 2.80 bits per heavy atom. The van der Waals surface area contributed by atoms with Gasteiger partial charge in [0.25, 0.3) is 0 Å². The van der Waals surface area contributed by atoms with Crippen molar-refractivity contribution < 1.29 is 5.11 Å².